The number of hydrogen-bond donors (Lipinski definition) is 3. The van der Waals surface area contributed by atoms with Crippen molar-refractivity contribution in [3.8, 4) is 0 Å². The number of guanidine groups is 1. The van der Waals surface area contributed by atoms with Crippen molar-refractivity contribution in [3.05, 3.63) is 24.6 Å². The SMILES string of the molecule is N=C(N)/N=c1\ncn2cnc3nc[nH]c3c2n1. The van der Waals surface area contributed by atoms with Crippen LogP contribution >= 0.6 is 0 Å². The Bertz CT molecular complexity index is 780. The Morgan fingerprint density at radius 1 is 1.35 bits per heavy atom. The van der Waals surface area contributed by atoms with Gasteiger partial charge in [0.25, 0.3) is 5.62 Å². The van der Waals surface area contributed by atoms with Gasteiger partial charge in [-0.3, -0.25) is 9.81 Å². The van der Waals surface area contributed by atoms with E-state index in [1.54, 1.807) is 10.7 Å². The van der Waals surface area contributed by atoms with E-state index in [4.69, 9.17) is 11.1 Å². The highest BCUT2D eigenvalue weighted by Crippen LogP contribution is 2.08. The van der Waals surface area contributed by atoms with Crippen LogP contribution in [-0.4, -0.2) is 35.3 Å². The first-order valence-electron chi connectivity index (χ1n) is 4.66. The van der Waals surface area contributed by atoms with Gasteiger partial charge in [0.15, 0.2) is 11.3 Å². The minimum Gasteiger partial charge on any atom is -0.368 e. The Kier molecular flexibility index (Phi) is 1.84. The van der Waals surface area contributed by atoms with Crippen LogP contribution in [0.5, 0.6) is 0 Å². The zero-order valence-corrected chi connectivity index (χ0v) is 8.49. The highest BCUT2D eigenvalue weighted by atomic mass is 15.2. The molecule has 0 aliphatic heterocycles. The van der Waals surface area contributed by atoms with Crippen LogP contribution < -0.4 is 11.4 Å². The summed E-state index contributed by atoms with van der Waals surface area (Å²) >= 11 is 0. The molecule has 3 aromatic heterocycles. The Balaban J connectivity index is 2.43. The molecule has 0 saturated heterocycles. The maximum absolute atomic E-state index is 7.06. The number of aromatic nitrogens is 6. The number of imidazole rings is 1. The molecule has 0 unspecified atom stereocenters. The fourth-order valence-electron chi connectivity index (χ4n) is 1.45. The van der Waals surface area contributed by atoms with Crippen LogP contribution in [0.2, 0.25) is 0 Å². The van der Waals surface area contributed by atoms with Crippen molar-refractivity contribution in [2.24, 2.45) is 10.7 Å². The molecule has 0 atom stereocenters. The maximum atomic E-state index is 7.06. The third kappa shape index (κ3) is 1.49. The van der Waals surface area contributed by atoms with Gasteiger partial charge in [-0.05, 0) is 0 Å². The first-order valence-corrected chi connectivity index (χ1v) is 4.66. The van der Waals surface area contributed by atoms with Crippen molar-refractivity contribution >= 4 is 22.8 Å². The van der Waals surface area contributed by atoms with Gasteiger partial charge in [-0.15, -0.1) is 0 Å². The molecule has 0 radical (unpaired) electrons. The number of nitrogens with two attached hydrogens (primary N) is 1. The Morgan fingerprint density at radius 3 is 3.00 bits per heavy atom. The second kappa shape index (κ2) is 3.33. The average Bonchev–Trinajstić information content (AvgIpc) is 2.76. The molecular weight excluding hydrogens is 222 g/mol. The molecule has 0 fully saturated rings. The Morgan fingerprint density at radius 2 is 2.18 bits per heavy atom. The first-order chi connectivity index (χ1) is 8.24. The van der Waals surface area contributed by atoms with Crippen molar-refractivity contribution in [1.82, 2.24) is 29.3 Å². The lowest BCUT2D eigenvalue weighted by molar-refractivity contribution is 0.919. The molecule has 3 heterocycles. The summed E-state index contributed by atoms with van der Waals surface area (Å²) in [4.78, 5) is 22.8. The van der Waals surface area contributed by atoms with Crippen molar-refractivity contribution in [2.45, 2.75) is 0 Å². The number of H-pyrrole nitrogens is 1. The monoisotopic (exact) mass is 229 g/mol. The van der Waals surface area contributed by atoms with E-state index in [-0.39, 0.29) is 11.6 Å². The quantitative estimate of drug-likeness (QED) is 0.328. The van der Waals surface area contributed by atoms with E-state index < -0.39 is 0 Å². The van der Waals surface area contributed by atoms with Gasteiger partial charge in [0.05, 0.1) is 6.33 Å². The fourth-order valence-corrected chi connectivity index (χ4v) is 1.45. The third-order valence-corrected chi connectivity index (χ3v) is 2.12. The number of rotatable bonds is 0. The van der Waals surface area contributed by atoms with Gasteiger partial charge in [-0.2, -0.15) is 9.98 Å². The molecule has 0 spiro atoms. The van der Waals surface area contributed by atoms with Gasteiger partial charge in [0, 0.05) is 0 Å². The van der Waals surface area contributed by atoms with Gasteiger partial charge in [0.2, 0.25) is 5.96 Å². The molecule has 9 heteroatoms. The second-order valence-corrected chi connectivity index (χ2v) is 3.23. The van der Waals surface area contributed by atoms with Crippen LogP contribution in [0.4, 0.5) is 0 Å². The molecule has 17 heavy (non-hydrogen) atoms. The number of fused-ring (bicyclic) bond motifs is 3. The van der Waals surface area contributed by atoms with Crippen LogP contribution in [0.3, 0.4) is 0 Å². The van der Waals surface area contributed by atoms with Crippen LogP contribution in [0.15, 0.2) is 24.0 Å². The van der Waals surface area contributed by atoms with Crippen LogP contribution in [0.1, 0.15) is 0 Å². The molecule has 4 N–H and O–H groups in total. The minimum atomic E-state index is -0.343. The molecule has 0 saturated carbocycles. The third-order valence-electron chi connectivity index (χ3n) is 2.12. The van der Waals surface area contributed by atoms with Gasteiger partial charge >= 0.3 is 0 Å². The fraction of sp³-hybridized carbons (Fsp3) is 0. The molecule has 0 aliphatic carbocycles. The summed E-state index contributed by atoms with van der Waals surface area (Å²) in [6.45, 7) is 0. The van der Waals surface area contributed by atoms with E-state index in [9.17, 15) is 0 Å². The maximum Gasteiger partial charge on any atom is 0.256 e. The predicted octanol–water partition coefficient (Wildman–Crippen LogP) is -1.21. The van der Waals surface area contributed by atoms with Crippen LogP contribution in [0.25, 0.3) is 16.8 Å². The zero-order valence-electron chi connectivity index (χ0n) is 8.49. The summed E-state index contributed by atoms with van der Waals surface area (Å²) in [7, 11) is 0. The van der Waals surface area contributed by atoms with Gasteiger partial charge in [0.1, 0.15) is 18.2 Å². The molecule has 3 rings (SSSR count). The molecule has 0 aromatic carbocycles. The van der Waals surface area contributed by atoms with Crippen molar-refractivity contribution in [1.29, 1.82) is 5.41 Å². The minimum absolute atomic E-state index is 0.125. The first kappa shape index (κ1) is 9.39. The Hall–Kier alpha value is -2.84. The topological polar surface area (TPSA) is 134 Å². The normalized spacial score (nSPS) is 12.4. The molecule has 84 valence electrons. The van der Waals surface area contributed by atoms with E-state index >= 15 is 0 Å². The lowest BCUT2D eigenvalue weighted by Crippen LogP contribution is -2.20. The number of nitrogens with one attached hydrogen (secondary N) is 2. The molecule has 0 amide bonds. The smallest absolute Gasteiger partial charge is 0.256 e. The molecular formula is C8H7N9. The lowest BCUT2D eigenvalue weighted by atomic mass is 10.5. The zero-order chi connectivity index (χ0) is 11.8. The van der Waals surface area contributed by atoms with Gasteiger partial charge < -0.3 is 10.7 Å². The van der Waals surface area contributed by atoms with E-state index in [0.717, 1.165) is 0 Å². The number of hydrogen-bond acceptors (Lipinski definition) is 5. The molecule has 0 bridgehead atoms. The van der Waals surface area contributed by atoms with Gasteiger partial charge in [-0.25, -0.2) is 15.0 Å². The number of nitrogens with zero attached hydrogens (tertiary/aromatic N) is 6. The highest BCUT2D eigenvalue weighted by molar-refractivity contribution is 5.84. The second-order valence-electron chi connectivity index (χ2n) is 3.23. The average molecular weight is 229 g/mol. The summed E-state index contributed by atoms with van der Waals surface area (Å²) in [6.07, 6.45) is 4.58. The Labute approximate surface area is 93.6 Å². The van der Waals surface area contributed by atoms with Crippen molar-refractivity contribution < 1.29 is 0 Å². The van der Waals surface area contributed by atoms with Gasteiger partial charge in [-0.1, -0.05) is 0 Å². The molecule has 0 aliphatic rings. The lowest BCUT2D eigenvalue weighted by Gasteiger charge is -1.98. The van der Waals surface area contributed by atoms with E-state index in [0.29, 0.717) is 16.8 Å². The summed E-state index contributed by atoms with van der Waals surface area (Å²) < 4.78 is 1.62. The molecule has 9 nitrogen and oxygen atoms in total. The largest absolute Gasteiger partial charge is 0.368 e. The van der Waals surface area contributed by atoms with Crippen LogP contribution in [0, 0.1) is 5.41 Å². The van der Waals surface area contributed by atoms with Crippen molar-refractivity contribution in [2.75, 3.05) is 0 Å². The van der Waals surface area contributed by atoms with E-state index in [2.05, 4.69) is 29.9 Å². The molecule has 3 aromatic rings. The van der Waals surface area contributed by atoms with E-state index in [1.807, 2.05) is 0 Å². The predicted molar refractivity (Wildman–Crippen MR) is 57.9 cm³/mol. The summed E-state index contributed by atoms with van der Waals surface area (Å²) in [5.74, 6) is -0.343. The standard InChI is InChI=1S/C8H7N9/c9-7(10)16-8-14-3-17-2-13-5-4(6(17)15-8)11-1-12-5/h1-3H,(H3,9,10)(H,11,12)/b16-8+. The highest BCUT2D eigenvalue weighted by Gasteiger charge is 2.04. The summed E-state index contributed by atoms with van der Waals surface area (Å²) in [5, 5.41) is 7.06. The van der Waals surface area contributed by atoms with Crippen molar-refractivity contribution in [3.63, 3.8) is 0 Å². The van der Waals surface area contributed by atoms with E-state index in [1.165, 1.54) is 12.7 Å². The van der Waals surface area contributed by atoms with Crippen LogP contribution in [-0.2, 0) is 0 Å². The summed E-state index contributed by atoms with van der Waals surface area (Å²) in [6, 6.07) is 0. The summed E-state index contributed by atoms with van der Waals surface area (Å²) in [5.41, 5.74) is 7.08. The number of aromatic amines is 1.